The third kappa shape index (κ3) is 3.24. The Morgan fingerprint density at radius 3 is 2.86 bits per heavy atom. The molecule has 2 N–H and O–H groups in total. The van der Waals surface area contributed by atoms with Gasteiger partial charge in [0.2, 0.25) is 5.56 Å². The Balaban J connectivity index is 1.65. The van der Waals surface area contributed by atoms with Gasteiger partial charge in [-0.05, 0) is 31.7 Å². The van der Waals surface area contributed by atoms with Crippen LogP contribution in [0.25, 0.3) is 0 Å². The van der Waals surface area contributed by atoms with Crippen molar-refractivity contribution in [3.05, 3.63) is 33.7 Å². The standard InChI is InChI=1S/C17H24N2O3/c1-2-13-8-12(9-15(20)18-13)16(21)19-14-10-17(22-11-14)6-4-3-5-7-17/h8-9,14H,2-7,10-11H2,1H3,(H,18,20)(H,19,21)/t14-/m0/s1. The highest BCUT2D eigenvalue weighted by molar-refractivity contribution is 5.94. The van der Waals surface area contributed by atoms with E-state index in [2.05, 4.69) is 10.3 Å². The Hall–Kier alpha value is -1.62. The monoisotopic (exact) mass is 304 g/mol. The molecule has 120 valence electrons. The van der Waals surface area contributed by atoms with Gasteiger partial charge in [0.05, 0.1) is 18.2 Å². The summed E-state index contributed by atoms with van der Waals surface area (Å²) in [4.78, 5) is 26.7. The highest BCUT2D eigenvalue weighted by Crippen LogP contribution is 2.39. The fourth-order valence-electron chi connectivity index (χ4n) is 3.67. The second-order valence-corrected chi connectivity index (χ2v) is 6.54. The zero-order valence-corrected chi connectivity index (χ0v) is 13.1. The van der Waals surface area contributed by atoms with E-state index in [4.69, 9.17) is 4.74 Å². The predicted octanol–water partition coefficient (Wildman–Crippen LogP) is 2.16. The number of amides is 1. The largest absolute Gasteiger partial charge is 0.373 e. The summed E-state index contributed by atoms with van der Waals surface area (Å²) in [6.07, 6.45) is 7.52. The number of carbonyl (C=O) groups is 1. The molecule has 5 nitrogen and oxygen atoms in total. The minimum atomic E-state index is -0.226. The average Bonchev–Trinajstić information content (AvgIpc) is 2.89. The van der Waals surface area contributed by atoms with Crippen LogP contribution in [0.2, 0.25) is 0 Å². The SMILES string of the molecule is CCc1cc(C(=O)N[C@@H]2COC3(CCCCC3)C2)cc(=O)[nH]1. The molecule has 1 aliphatic heterocycles. The van der Waals surface area contributed by atoms with Gasteiger partial charge in [0.15, 0.2) is 0 Å². The van der Waals surface area contributed by atoms with Gasteiger partial charge in [-0.1, -0.05) is 26.2 Å². The summed E-state index contributed by atoms with van der Waals surface area (Å²) >= 11 is 0. The molecule has 0 unspecified atom stereocenters. The topological polar surface area (TPSA) is 71.2 Å². The first-order chi connectivity index (χ1) is 10.6. The highest BCUT2D eigenvalue weighted by Gasteiger charge is 2.41. The van der Waals surface area contributed by atoms with E-state index in [9.17, 15) is 9.59 Å². The van der Waals surface area contributed by atoms with Crippen LogP contribution in [0.15, 0.2) is 16.9 Å². The second-order valence-electron chi connectivity index (χ2n) is 6.54. The molecule has 1 amide bonds. The van der Waals surface area contributed by atoms with Crippen LogP contribution in [0.3, 0.4) is 0 Å². The molecule has 5 heteroatoms. The summed E-state index contributed by atoms with van der Waals surface area (Å²) in [5.74, 6) is -0.178. The molecule has 0 bridgehead atoms. The molecule has 1 saturated heterocycles. The van der Waals surface area contributed by atoms with Gasteiger partial charge in [-0.2, -0.15) is 0 Å². The zero-order chi connectivity index (χ0) is 15.6. The Morgan fingerprint density at radius 2 is 2.14 bits per heavy atom. The molecular formula is C17H24N2O3. The summed E-state index contributed by atoms with van der Waals surface area (Å²) in [6.45, 7) is 2.53. The first kappa shape index (κ1) is 15.3. The van der Waals surface area contributed by atoms with Crippen LogP contribution < -0.4 is 10.9 Å². The number of rotatable bonds is 3. The number of nitrogens with one attached hydrogen (secondary N) is 2. The van der Waals surface area contributed by atoms with E-state index in [1.807, 2.05) is 6.92 Å². The van der Waals surface area contributed by atoms with E-state index in [1.54, 1.807) is 6.07 Å². The summed E-state index contributed by atoms with van der Waals surface area (Å²) in [7, 11) is 0. The molecule has 3 rings (SSSR count). The van der Waals surface area contributed by atoms with Crippen LogP contribution in [0, 0.1) is 0 Å². The first-order valence-corrected chi connectivity index (χ1v) is 8.28. The van der Waals surface area contributed by atoms with Crippen LogP contribution >= 0.6 is 0 Å². The van der Waals surface area contributed by atoms with Crippen LogP contribution in [0.4, 0.5) is 0 Å². The van der Waals surface area contributed by atoms with Gasteiger partial charge in [0.25, 0.3) is 5.91 Å². The summed E-state index contributed by atoms with van der Waals surface area (Å²) in [5.41, 5.74) is 0.976. The van der Waals surface area contributed by atoms with Gasteiger partial charge >= 0.3 is 0 Å². The Kier molecular flexibility index (Phi) is 4.34. The second kappa shape index (κ2) is 6.24. The fraction of sp³-hybridized carbons (Fsp3) is 0.647. The van der Waals surface area contributed by atoms with Gasteiger partial charge in [-0.15, -0.1) is 0 Å². The Labute approximate surface area is 130 Å². The first-order valence-electron chi connectivity index (χ1n) is 8.28. The quantitative estimate of drug-likeness (QED) is 0.899. The van der Waals surface area contributed by atoms with Crippen molar-refractivity contribution in [3.8, 4) is 0 Å². The number of aromatic nitrogens is 1. The molecule has 2 fully saturated rings. The molecule has 2 aliphatic rings. The number of aromatic amines is 1. The maximum Gasteiger partial charge on any atom is 0.251 e. The number of pyridine rings is 1. The highest BCUT2D eigenvalue weighted by atomic mass is 16.5. The lowest BCUT2D eigenvalue weighted by Gasteiger charge is -2.32. The van der Waals surface area contributed by atoms with Crippen molar-refractivity contribution in [1.29, 1.82) is 0 Å². The lowest BCUT2D eigenvalue weighted by atomic mass is 9.82. The smallest absolute Gasteiger partial charge is 0.251 e. The van der Waals surface area contributed by atoms with Crippen LogP contribution in [0.1, 0.15) is 61.5 Å². The van der Waals surface area contributed by atoms with E-state index < -0.39 is 0 Å². The number of aryl methyl sites for hydroxylation is 1. The minimum absolute atomic E-state index is 0.0149. The third-order valence-electron chi connectivity index (χ3n) is 4.85. The van der Waals surface area contributed by atoms with Gasteiger partial charge in [0.1, 0.15) is 0 Å². The number of carbonyl (C=O) groups excluding carboxylic acids is 1. The van der Waals surface area contributed by atoms with Crippen molar-refractivity contribution < 1.29 is 9.53 Å². The molecule has 22 heavy (non-hydrogen) atoms. The van der Waals surface area contributed by atoms with Crippen molar-refractivity contribution in [2.45, 2.75) is 63.5 Å². The predicted molar refractivity (Wildman–Crippen MR) is 84.1 cm³/mol. The van der Waals surface area contributed by atoms with Gasteiger partial charge < -0.3 is 15.0 Å². The number of hydrogen-bond acceptors (Lipinski definition) is 3. The number of hydrogen-bond donors (Lipinski definition) is 2. The lowest BCUT2D eigenvalue weighted by Crippen LogP contribution is -2.37. The molecule has 1 saturated carbocycles. The van der Waals surface area contributed by atoms with Gasteiger partial charge in [-0.3, -0.25) is 9.59 Å². The molecule has 0 aromatic carbocycles. The van der Waals surface area contributed by atoms with E-state index in [1.165, 1.54) is 25.3 Å². The Bertz CT molecular complexity index is 602. The van der Waals surface area contributed by atoms with E-state index in [-0.39, 0.29) is 23.1 Å². The maximum atomic E-state index is 12.4. The van der Waals surface area contributed by atoms with E-state index in [0.29, 0.717) is 18.6 Å². The molecule has 1 aromatic heterocycles. The molecule has 1 spiro atoms. The minimum Gasteiger partial charge on any atom is -0.373 e. The van der Waals surface area contributed by atoms with Crippen molar-refractivity contribution in [2.24, 2.45) is 0 Å². The van der Waals surface area contributed by atoms with Crippen LogP contribution in [0.5, 0.6) is 0 Å². The summed E-state index contributed by atoms with van der Waals surface area (Å²) in [6, 6.07) is 3.17. The number of H-pyrrole nitrogens is 1. The Morgan fingerprint density at radius 1 is 1.36 bits per heavy atom. The summed E-state index contributed by atoms with van der Waals surface area (Å²) in [5, 5.41) is 3.03. The molecule has 1 aliphatic carbocycles. The van der Waals surface area contributed by atoms with E-state index >= 15 is 0 Å². The normalized spacial score (nSPS) is 23.6. The summed E-state index contributed by atoms with van der Waals surface area (Å²) < 4.78 is 6.02. The molecule has 1 atom stereocenters. The van der Waals surface area contributed by atoms with E-state index in [0.717, 1.165) is 25.0 Å². The molecule has 0 radical (unpaired) electrons. The molecule has 1 aromatic rings. The zero-order valence-electron chi connectivity index (χ0n) is 13.1. The van der Waals surface area contributed by atoms with Crippen LogP contribution in [-0.2, 0) is 11.2 Å². The van der Waals surface area contributed by atoms with Gasteiger partial charge in [0, 0.05) is 17.3 Å². The maximum absolute atomic E-state index is 12.4. The van der Waals surface area contributed by atoms with Crippen molar-refractivity contribution >= 4 is 5.91 Å². The number of ether oxygens (including phenoxy) is 1. The lowest BCUT2D eigenvalue weighted by molar-refractivity contribution is -0.0246. The molecular weight excluding hydrogens is 280 g/mol. The van der Waals surface area contributed by atoms with Crippen molar-refractivity contribution in [2.75, 3.05) is 6.61 Å². The van der Waals surface area contributed by atoms with Crippen molar-refractivity contribution in [3.63, 3.8) is 0 Å². The van der Waals surface area contributed by atoms with Gasteiger partial charge in [-0.25, -0.2) is 0 Å². The average molecular weight is 304 g/mol. The molecule has 2 heterocycles. The third-order valence-corrected chi connectivity index (χ3v) is 4.85. The van der Waals surface area contributed by atoms with Crippen molar-refractivity contribution in [1.82, 2.24) is 10.3 Å². The van der Waals surface area contributed by atoms with Crippen LogP contribution in [-0.4, -0.2) is 29.1 Å². The fourth-order valence-corrected chi connectivity index (χ4v) is 3.67.